The summed E-state index contributed by atoms with van der Waals surface area (Å²) in [5, 5.41) is 9.35. The van der Waals surface area contributed by atoms with Gasteiger partial charge >= 0.3 is 5.97 Å². The fraction of sp³-hybridized carbons (Fsp3) is 0.727. The maximum Gasteiger partial charge on any atom is 0.311 e. The van der Waals surface area contributed by atoms with Gasteiger partial charge in [-0.15, -0.1) is 0 Å². The van der Waals surface area contributed by atoms with Crippen LogP contribution in [0.3, 0.4) is 0 Å². The van der Waals surface area contributed by atoms with Gasteiger partial charge in [0.1, 0.15) is 0 Å². The number of hydrogen-bond acceptors (Lipinski definition) is 4. The first-order valence-electron chi connectivity index (χ1n) is 4.92. The Bertz CT molecular complexity index is 257. The molecule has 0 aromatic carbocycles. The predicted molar refractivity (Wildman–Crippen MR) is 57.4 cm³/mol. The van der Waals surface area contributed by atoms with Crippen LogP contribution >= 0.6 is 0 Å². The fourth-order valence-electron chi connectivity index (χ4n) is 1.42. The zero-order valence-electron chi connectivity index (χ0n) is 10.1. The molecule has 0 saturated heterocycles. The van der Waals surface area contributed by atoms with Crippen molar-refractivity contribution in [1.29, 1.82) is 0 Å². The van der Waals surface area contributed by atoms with E-state index in [2.05, 4.69) is 0 Å². The summed E-state index contributed by atoms with van der Waals surface area (Å²) in [5.74, 6) is -0.396. The molecule has 0 rings (SSSR count). The van der Waals surface area contributed by atoms with Crippen LogP contribution in [0.5, 0.6) is 0 Å². The molecule has 0 amide bonds. The average Bonchev–Trinajstić information content (AvgIpc) is 2.26. The summed E-state index contributed by atoms with van der Waals surface area (Å²) >= 11 is 0. The normalized spacial score (nSPS) is 16.3. The third kappa shape index (κ3) is 3.46. The smallest absolute Gasteiger partial charge is 0.311 e. The van der Waals surface area contributed by atoms with Gasteiger partial charge in [0.05, 0.1) is 19.6 Å². The highest BCUT2D eigenvalue weighted by Crippen LogP contribution is 2.31. The molecule has 4 heteroatoms. The van der Waals surface area contributed by atoms with Crippen molar-refractivity contribution in [3.8, 4) is 0 Å². The number of aliphatic hydroxyl groups is 1. The number of methoxy groups -OCH3 is 2. The molecular weight excluding hydrogens is 196 g/mol. The summed E-state index contributed by atoms with van der Waals surface area (Å²) in [6.45, 7) is 5.45. The molecule has 0 unspecified atom stereocenters. The lowest BCUT2D eigenvalue weighted by Crippen LogP contribution is -2.29. The van der Waals surface area contributed by atoms with Crippen LogP contribution in [0.2, 0.25) is 0 Å². The van der Waals surface area contributed by atoms with Crippen LogP contribution in [-0.2, 0) is 14.3 Å². The van der Waals surface area contributed by atoms with Crippen molar-refractivity contribution in [3.63, 3.8) is 0 Å². The molecule has 0 radical (unpaired) electrons. The van der Waals surface area contributed by atoms with E-state index in [0.29, 0.717) is 18.4 Å². The quantitative estimate of drug-likeness (QED) is 0.566. The number of ether oxygens (including phenoxy) is 2. The van der Waals surface area contributed by atoms with Gasteiger partial charge in [-0.25, -0.2) is 0 Å². The number of hydrogen-bond donors (Lipinski definition) is 1. The van der Waals surface area contributed by atoms with E-state index < -0.39 is 5.41 Å². The first kappa shape index (κ1) is 13.8. The van der Waals surface area contributed by atoms with Gasteiger partial charge in [0.15, 0.2) is 0 Å². The van der Waals surface area contributed by atoms with Crippen molar-refractivity contribution in [2.45, 2.75) is 33.6 Å². The minimum Gasteiger partial charge on any atom is -0.481 e. The predicted octanol–water partition coefficient (Wildman–Crippen LogP) is 2.40. The van der Waals surface area contributed by atoms with Gasteiger partial charge in [-0.1, -0.05) is 6.92 Å². The largest absolute Gasteiger partial charge is 0.481 e. The van der Waals surface area contributed by atoms with Crippen LogP contribution in [0.25, 0.3) is 0 Å². The third-order valence-electron chi connectivity index (χ3n) is 2.67. The maximum atomic E-state index is 11.5. The number of esters is 1. The van der Waals surface area contributed by atoms with Crippen LogP contribution in [0.15, 0.2) is 11.5 Å². The number of allylic oxidation sites excluding steroid dienone is 1. The molecule has 0 heterocycles. The van der Waals surface area contributed by atoms with Crippen LogP contribution in [0, 0.1) is 5.41 Å². The molecule has 0 bridgehead atoms. The number of carbonyl (C=O) groups is 1. The summed E-state index contributed by atoms with van der Waals surface area (Å²) in [5.41, 5.74) is 0.0398. The van der Waals surface area contributed by atoms with Crippen molar-refractivity contribution in [3.05, 3.63) is 11.5 Å². The number of rotatable bonds is 5. The summed E-state index contributed by atoms with van der Waals surface area (Å²) < 4.78 is 9.44. The van der Waals surface area contributed by atoms with Gasteiger partial charge in [0.25, 0.3) is 5.95 Å². The van der Waals surface area contributed by atoms with E-state index in [4.69, 9.17) is 9.47 Å². The highest BCUT2D eigenvalue weighted by atomic mass is 16.6. The van der Waals surface area contributed by atoms with Gasteiger partial charge in [-0.05, 0) is 26.7 Å². The van der Waals surface area contributed by atoms with Gasteiger partial charge in [0, 0.05) is 5.57 Å². The van der Waals surface area contributed by atoms with Crippen LogP contribution < -0.4 is 0 Å². The average molecular weight is 216 g/mol. The third-order valence-corrected chi connectivity index (χ3v) is 2.67. The molecule has 1 N–H and O–H groups in total. The Kier molecular flexibility index (Phi) is 5.19. The monoisotopic (exact) mass is 216 g/mol. The lowest BCUT2D eigenvalue weighted by atomic mass is 9.81. The Labute approximate surface area is 90.9 Å². The van der Waals surface area contributed by atoms with Gasteiger partial charge in [-0.2, -0.15) is 0 Å². The lowest BCUT2D eigenvalue weighted by Gasteiger charge is -2.25. The van der Waals surface area contributed by atoms with E-state index in [9.17, 15) is 9.90 Å². The molecule has 0 aliphatic heterocycles. The van der Waals surface area contributed by atoms with E-state index in [-0.39, 0.29) is 11.9 Å². The molecule has 1 atom stereocenters. The van der Waals surface area contributed by atoms with Crippen molar-refractivity contribution in [2.75, 3.05) is 14.2 Å². The summed E-state index contributed by atoms with van der Waals surface area (Å²) in [6.07, 6.45) is 1.07. The molecule has 0 saturated carbocycles. The van der Waals surface area contributed by atoms with E-state index in [1.165, 1.54) is 14.2 Å². The molecular formula is C11H20O4. The Morgan fingerprint density at radius 2 is 1.87 bits per heavy atom. The molecule has 0 aliphatic rings. The Balaban J connectivity index is 4.80. The van der Waals surface area contributed by atoms with Crippen molar-refractivity contribution < 1.29 is 19.4 Å². The second-order valence-electron chi connectivity index (χ2n) is 3.87. The zero-order valence-corrected chi connectivity index (χ0v) is 10.1. The van der Waals surface area contributed by atoms with Crippen molar-refractivity contribution in [2.24, 2.45) is 5.41 Å². The molecule has 0 fully saturated rings. The van der Waals surface area contributed by atoms with Crippen LogP contribution in [-0.4, -0.2) is 25.3 Å². The number of carbonyl (C=O) groups excluding carboxylic acids is 1. The van der Waals surface area contributed by atoms with E-state index in [1.54, 1.807) is 6.92 Å². The summed E-state index contributed by atoms with van der Waals surface area (Å²) in [4.78, 5) is 11.5. The first-order chi connectivity index (χ1) is 6.91. The second kappa shape index (κ2) is 5.63. The van der Waals surface area contributed by atoms with Crippen molar-refractivity contribution in [1.82, 2.24) is 0 Å². The zero-order chi connectivity index (χ0) is 12.1. The molecule has 0 aromatic rings. The molecule has 88 valence electrons. The fourth-order valence-corrected chi connectivity index (χ4v) is 1.42. The highest BCUT2D eigenvalue weighted by molar-refractivity contribution is 5.76. The molecule has 0 spiro atoms. The molecule has 4 nitrogen and oxygen atoms in total. The topological polar surface area (TPSA) is 55.8 Å². The summed E-state index contributed by atoms with van der Waals surface area (Å²) in [6, 6.07) is 0. The highest BCUT2D eigenvalue weighted by Gasteiger charge is 2.33. The first-order valence-corrected chi connectivity index (χ1v) is 4.92. The van der Waals surface area contributed by atoms with Crippen LogP contribution in [0.1, 0.15) is 33.6 Å². The van der Waals surface area contributed by atoms with Crippen molar-refractivity contribution >= 4 is 5.97 Å². The second-order valence-corrected chi connectivity index (χ2v) is 3.87. The van der Waals surface area contributed by atoms with E-state index in [1.807, 2.05) is 13.8 Å². The van der Waals surface area contributed by atoms with E-state index >= 15 is 0 Å². The maximum absolute atomic E-state index is 11.5. The molecule has 0 aliphatic carbocycles. The molecule has 0 aromatic heterocycles. The SMILES string of the molecule is CC[C@](C)(C/C(C)=C(\O)OC)C(=O)OC. The Morgan fingerprint density at radius 1 is 1.33 bits per heavy atom. The standard InChI is InChI=1S/C11H20O4/c1-6-11(3,10(13)15-5)7-8(2)9(12)14-4/h12H,6-7H2,1-5H3/b9-8+/t11-/m1/s1. The number of aliphatic hydroxyl groups excluding tert-OH is 1. The minimum atomic E-state index is -0.606. The van der Waals surface area contributed by atoms with Gasteiger partial charge in [0.2, 0.25) is 0 Å². The van der Waals surface area contributed by atoms with E-state index in [0.717, 1.165) is 0 Å². The summed E-state index contributed by atoms with van der Waals surface area (Å²) in [7, 11) is 2.76. The Morgan fingerprint density at radius 3 is 2.20 bits per heavy atom. The Hall–Kier alpha value is -1.19. The van der Waals surface area contributed by atoms with Crippen LogP contribution in [0.4, 0.5) is 0 Å². The molecule has 15 heavy (non-hydrogen) atoms. The van der Waals surface area contributed by atoms with Gasteiger partial charge < -0.3 is 14.6 Å². The minimum absolute atomic E-state index is 0.126. The van der Waals surface area contributed by atoms with Gasteiger partial charge in [-0.3, -0.25) is 4.79 Å². The lowest BCUT2D eigenvalue weighted by molar-refractivity contribution is -0.152.